The van der Waals surface area contributed by atoms with Crippen LogP contribution in [0.1, 0.15) is 11.0 Å². The summed E-state index contributed by atoms with van der Waals surface area (Å²) in [7, 11) is 0. The molecule has 0 bridgehead atoms. The van der Waals surface area contributed by atoms with Crippen LogP contribution in [-0.4, -0.2) is 0 Å². The molecule has 0 unspecified atom stereocenters. The van der Waals surface area contributed by atoms with E-state index in [9.17, 15) is 5.48 Å². The molecular weight excluding hydrogens is 569 g/mol. The predicted octanol–water partition coefficient (Wildman–Crippen LogP) is 13.2. The van der Waals surface area contributed by atoms with Gasteiger partial charge in [0.25, 0.3) is 0 Å². The molecule has 1 heteroatoms. The van der Waals surface area contributed by atoms with Crippen LogP contribution in [0.2, 0.25) is 0 Å². The van der Waals surface area contributed by atoms with Gasteiger partial charge in [-0.1, -0.05) is 145 Å². The summed E-state index contributed by atoms with van der Waals surface area (Å²) in [6, 6.07) is 36.5. The van der Waals surface area contributed by atoms with Gasteiger partial charge in [-0.15, -0.1) is 0 Å². The van der Waals surface area contributed by atoms with Crippen molar-refractivity contribution in [1.82, 2.24) is 0 Å². The van der Waals surface area contributed by atoms with Gasteiger partial charge in [-0.2, -0.15) is 0 Å². The Balaban J connectivity index is 1.27. The molecule has 0 aliphatic carbocycles. The van der Waals surface area contributed by atoms with Gasteiger partial charge < -0.3 is 4.42 Å². The molecule has 0 aliphatic heterocycles. The van der Waals surface area contributed by atoms with E-state index in [1.807, 2.05) is 91.0 Å². The number of benzene rings is 9. The summed E-state index contributed by atoms with van der Waals surface area (Å²) >= 11 is 0. The zero-order valence-electron chi connectivity index (χ0n) is 33.0. The van der Waals surface area contributed by atoms with Crippen LogP contribution < -0.4 is 0 Å². The normalized spacial score (nSPS) is 14.2. The first-order chi connectivity index (χ1) is 26.6. The van der Waals surface area contributed by atoms with Crippen LogP contribution in [0.5, 0.6) is 0 Å². The zero-order valence-corrected chi connectivity index (χ0v) is 25.0. The fraction of sp³-hybridized carbons (Fsp3) is 0. The Morgan fingerprint density at radius 2 is 0.915 bits per heavy atom. The quantitative estimate of drug-likeness (QED) is 0.183. The van der Waals surface area contributed by atoms with E-state index in [2.05, 4.69) is 30.3 Å². The highest BCUT2D eigenvalue weighted by Crippen LogP contribution is 2.45. The Labute approximate surface area is 283 Å². The molecule has 0 saturated heterocycles. The number of fused-ring (bicyclic) bond motifs is 7. The second kappa shape index (κ2) is 10.2. The van der Waals surface area contributed by atoms with Crippen LogP contribution in [0.15, 0.2) is 174 Å². The molecule has 1 nitrogen and oxygen atoms in total. The second-order valence-corrected chi connectivity index (χ2v) is 11.9. The van der Waals surface area contributed by atoms with E-state index in [-0.39, 0.29) is 45.7 Å². The first-order valence-corrected chi connectivity index (χ1v) is 15.5. The molecule has 10 rings (SSSR count). The molecule has 0 saturated carbocycles. The van der Waals surface area contributed by atoms with E-state index in [0.29, 0.717) is 22.3 Å². The molecule has 1 heterocycles. The van der Waals surface area contributed by atoms with Gasteiger partial charge in [0.15, 0.2) is 0 Å². The average molecular weight is 605 g/mol. The van der Waals surface area contributed by atoms with Crippen molar-refractivity contribution < 1.29 is 15.4 Å². The third kappa shape index (κ3) is 4.03. The molecule has 1 aromatic heterocycles. The minimum atomic E-state index is -0.423. The summed E-state index contributed by atoms with van der Waals surface area (Å²) in [5, 5.41) is 6.68. The molecule has 218 valence electrons. The van der Waals surface area contributed by atoms with Gasteiger partial charge in [0, 0.05) is 10.8 Å². The second-order valence-electron chi connectivity index (χ2n) is 11.9. The highest BCUT2D eigenvalue weighted by molar-refractivity contribution is 6.23. The van der Waals surface area contributed by atoms with Gasteiger partial charge in [0.05, 0.1) is 11.0 Å². The maximum absolute atomic E-state index is 9.30. The molecular formula is C46H28O. The summed E-state index contributed by atoms with van der Waals surface area (Å²) in [6.45, 7) is 0. The van der Waals surface area contributed by atoms with Crippen molar-refractivity contribution in [3.63, 3.8) is 0 Å². The van der Waals surface area contributed by atoms with Crippen LogP contribution in [-0.2, 0) is 0 Å². The summed E-state index contributed by atoms with van der Waals surface area (Å²) in [5.74, 6) is 0. The number of furan rings is 1. The first-order valence-electron chi connectivity index (χ1n) is 19.5. The molecule has 0 atom stereocenters. The Kier molecular flexibility index (Phi) is 4.19. The SMILES string of the molecule is [2H]c1c([2H])c([2H])c2c(-c3cccc4ccccc34)c3c([2H])c([2H])c([2H])c([2H])c3c(-c3ccc(-c4ccc5oc6cc7ccccc7cc6c5c4)cc3)c2c1[2H]. The van der Waals surface area contributed by atoms with Crippen LogP contribution in [0.4, 0.5) is 0 Å². The van der Waals surface area contributed by atoms with E-state index in [1.54, 1.807) is 0 Å². The van der Waals surface area contributed by atoms with Crippen molar-refractivity contribution in [3.05, 3.63) is 170 Å². The molecule has 47 heavy (non-hydrogen) atoms. The summed E-state index contributed by atoms with van der Waals surface area (Å²) < 4.78 is 78.4. The first kappa shape index (κ1) is 19.4. The van der Waals surface area contributed by atoms with E-state index in [1.165, 1.54) is 0 Å². The highest BCUT2D eigenvalue weighted by atomic mass is 16.3. The molecule has 9 aromatic carbocycles. The minimum absolute atomic E-state index is 0.192. The van der Waals surface area contributed by atoms with Crippen molar-refractivity contribution in [2.45, 2.75) is 0 Å². The lowest BCUT2D eigenvalue weighted by molar-refractivity contribution is 0.669. The van der Waals surface area contributed by atoms with Crippen LogP contribution in [0, 0.1) is 0 Å². The lowest BCUT2D eigenvalue weighted by Gasteiger charge is -2.19. The van der Waals surface area contributed by atoms with Crippen molar-refractivity contribution in [2.75, 3.05) is 0 Å². The topological polar surface area (TPSA) is 13.1 Å². The standard InChI is InChI=1S/C46H28O/c1-2-12-33-28-44-42(26-32(33)11-1)41-27-34(24-25-43(41)47-44)29-20-22-31(23-21-29)45-37-15-5-7-17-39(37)46(40-18-8-6-16-38(40)45)36-19-9-13-30-10-3-4-14-35(30)36/h1-28H/i5D,6D,7D,8D,15D,16D,17D,18D. The largest absolute Gasteiger partial charge is 0.456 e. The van der Waals surface area contributed by atoms with Gasteiger partial charge in [-0.25, -0.2) is 0 Å². The lowest BCUT2D eigenvalue weighted by Crippen LogP contribution is -1.91. The van der Waals surface area contributed by atoms with E-state index < -0.39 is 24.2 Å². The lowest BCUT2D eigenvalue weighted by atomic mass is 9.84. The predicted molar refractivity (Wildman–Crippen MR) is 200 cm³/mol. The molecule has 0 aliphatic rings. The smallest absolute Gasteiger partial charge is 0.136 e. The number of rotatable bonds is 3. The molecule has 0 amide bonds. The van der Waals surface area contributed by atoms with Gasteiger partial charge in [-0.05, 0) is 101 Å². The Morgan fingerprint density at radius 3 is 1.64 bits per heavy atom. The van der Waals surface area contributed by atoms with E-state index in [0.717, 1.165) is 54.6 Å². The number of hydrogen-bond acceptors (Lipinski definition) is 1. The highest BCUT2D eigenvalue weighted by Gasteiger charge is 2.18. The average Bonchev–Trinajstić information content (AvgIpc) is 3.57. The number of hydrogen-bond donors (Lipinski definition) is 0. The maximum Gasteiger partial charge on any atom is 0.136 e. The Hall–Kier alpha value is -6.18. The third-order valence-electron chi connectivity index (χ3n) is 9.28. The van der Waals surface area contributed by atoms with Crippen LogP contribution >= 0.6 is 0 Å². The Morgan fingerprint density at radius 1 is 0.362 bits per heavy atom. The zero-order chi connectivity index (χ0) is 37.9. The van der Waals surface area contributed by atoms with Crippen molar-refractivity contribution in [2.24, 2.45) is 0 Å². The summed E-state index contributed by atoms with van der Waals surface area (Å²) in [5.41, 5.74) is 5.25. The monoisotopic (exact) mass is 604 g/mol. The van der Waals surface area contributed by atoms with Gasteiger partial charge in [-0.3, -0.25) is 0 Å². The van der Waals surface area contributed by atoms with Gasteiger partial charge in [0.1, 0.15) is 11.2 Å². The Bertz CT molecular complexity index is 3210. The van der Waals surface area contributed by atoms with Crippen LogP contribution in [0.3, 0.4) is 0 Å². The van der Waals surface area contributed by atoms with Gasteiger partial charge >= 0.3 is 0 Å². The van der Waals surface area contributed by atoms with Gasteiger partial charge in [0.2, 0.25) is 0 Å². The third-order valence-corrected chi connectivity index (χ3v) is 9.28. The van der Waals surface area contributed by atoms with Crippen LogP contribution in [0.25, 0.3) is 98.4 Å². The van der Waals surface area contributed by atoms with E-state index >= 15 is 0 Å². The molecule has 10 aromatic rings. The molecule has 0 fully saturated rings. The minimum Gasteiger partial charge on any atom is -0.456 e. The fourth-order valence-electron chi connectivity index (χ4n) is 7.10. The molecule has 0 radical (unpaired) electrons. The fourth-order valence-corrected chi connectivity index (χ4v) is 7.10. The molecule has 0 N–H and O–H groups in total. The van der Waals surface area contributed by atoms with E-state index in [4.69, 9.17) is 9.90 Å². The molecule has 0 spiro atoms. The summed E-state index contributed by atoms with van der Waals surface area (Å²) in [4.78, 5) is 0. The summed E-state index contributed by atoms with van der Waals surface area (Å²) in [6.07, 6.45) is 0. The maximum atomic E-state index is 9.30. The van der Waals surface area contributed by atoms with Crippen molar-refractivity contribution >= 4 is 65.0 Å². The van der Waals surface area contributed by atoms with Crippen molar-refractivity contribution in [3.8, 4) is 33.4 Å². The van der Waals surface area contributed by atoms with Crippen molar-refractivity contribution in [1.29, 1.82) is 0 Å².